The molecule has 272 valence electrons. The molecule has 0 amide bonds. The van der Waals surface area contributed by atoms with E-state index in [0.717, 1.165) is 17.1 Å². The average Bonchev–Trinajstić information content (AvgIpc) is 3.59. The van der Waals surface area contributed by atoms with Crippen LogP contribution in [-0.2, 0) is 0 Å². The Labute approximate surface area is 335 Å². The summed E-state index contributed by atoms with van der Waals surface area (Å²) in [6.45, 7) is 0. The minimum atomic E-state index is 0.0705. The number of hydrogen-bond acceptors (Lipinski definition) is 3. The molecule has 0 fully saturated rings. The fraction of sp³-hybridized carbons (Fsp3) is 0.0370. The van der Waals surface area contributed by atoms with Crippen LogP contribution in [0.25, 0.3) is 44.2 Å². The summed E-state index contributed by atoms with van der Waals surface area (Å²) in [7, 11) is 2.19. The molecule has 57 heavy (non-hydrogen) atoms. The Hall–Kier alpha value is -7.36. The molecule has 9 aromatic rings. The lowest BCUT2D eigenvalue weighted by atomic mass is 9.97. The highest BCUT2D eigenvalue weighted by Crippen LogP contribution is 2.49. The van der Waals surface area contributed by atoms with Crippen molar-refractivity contribution in [2.75, 3.05) is 21.7 Å². The summed E-state index contributed by atoms with van der Waals surface area (Å²) in [5, 5.41) is 2.45. The molecule has 0 saturated heterocycles. The van der Waals surface area contributed by atoms with Crippen LogP contribution in [0.3, 0.4) is 0 Å². The molecule has 0 radical (unpaired) electrons. The second kappa shape index (κ2) is 14.7. The van der Waals surface area contributed by atoms with Gasteiger partial charge in [0.15, 0.2) is 0 Å². The first-order valence-electron chi connectivity index (χ1n) is 19.6. The Balaban J connectivity index is 0.867. The van der Waals surface area contributed by atoms with E-state index >= 15 is 0 Å². The van der Waals surface area contributed by atoms with Crippen molar-refractivity contribution in [1.82, 2.24) is 0 Å². The summed E-state index contributed by atoms with van der Waals surface area (Å²) in [6, 6.07) is 80.9. The summed E-state index contributed by atoms with van der Waals surface area (Å²) in [5.74, 6) is 0. The van der Waals surface area contributed by atoms with Crippen LogP contribution in [0.4, 0.5) is 34.1 Å². The SMILES string of the molecule is CN1c2ccccc2N(c2ccccc2)C1c1ccc(-c2ccc(-c3ccc(-c4ccc(N(c5ccccc5)c5cccc6ccccc56)cc4)cc3)cc2)cc1. The normalized spacial score (nSPS) is 13.5. The van der Waals surface area contributed by atoms with E-state index in [1.165, 1.54) is 66.8 Å². The molecule has 1 atom stereocenters. The second-order valence-corrected chi connectivity index (χ2v) is 14.7. The van der Waals surface area contributed by atoms with Crippen LogP contribution >= 0.6 is 0 Å². The van der Waals surface area contributed by atoms with Crippen LogP contribution in [-0.4, -0.2) is 7.05 Å². The maximum absolute atomic E-state index is 2.44. The molecule has 0 aromatic heterocycles. The molecule has 1 heterocycles. The summed E-state index contributed by atoms with van der Waals surface area (Å²) in [4.78, 5) is 7.16. The Bertz CT molecular complexity index is 2770. The van der Waals surface area contributed by atoms with Gasteiger partial charge in [-0.25, -0.2) is 0 Å². The van der Waals surface area contributed by atoms with Crippen molar-refractivity contribution in [2.24, 2.45) is 0 Å². The topological polar surface area (TPSA) is 9.72 Å². The van der Waals surface area contributed by atoms with E-state index in [2.05, 4.69) is 246 Å². The van der Waals surface area contributed by atoms with Crippen LogP contribution in [0.5, 0.6) is 0 Å². The number of para-hydroxylation sites is 4. The van der Waals surface area contributed by atoms with Crippen LogP contribution in [0.1, 0.15) is 11.7 Å². The number of fused-ring (bicyclic) bond motifs is 2. The Kier molecular flexibility index (Phi) is 8.81. The van der Waals surface area contributed by atoms with Crippen LogP contribution in [0.2, 0.25) is 0 Å². The minimum absolute atomic E-state index is 0.0705. The van der Waals surface area contributed by atoms with E-state index in [1.54, 1.807) is 0 Å². The van der Waals surface area contributed by atoms with Gasteiger partial charge >= 0.3 is 0 Å². The molecule has 0 N–H and O–H groups in total. The number of nitrogens with zero attached hydrogens (tertiary/aromatic N) is 3. The molecular formula is C54H41N3. The first kappa shape index (κ1) is 34.2. The van der Waals surface area contributed by atoms with Crippen molar-refractivity contribution in [3.05, 3.63) is 230 Å². The predicted octanol–water partition coefficient (Wildman–Crippen LogP) is 14.6. The molecule has 1 unspecified atom stereocenters. The number of hydrogen-bond donors (Lipinski definition) is 0. The third-order valence-corrected chi connectivity index (χ3v) is 11.3. The highest BCUT2D eigenvalue weighted by Gasteiger charge is 2.35. The van der Waals surface area contributed by atoms with E-state index in [4.69, 9.17) is 0 Å². The Morgan fingerprint density at radius 3 is 1.40 bits per heavy atom. The zero-order chi connectivity index (χ0) is 38.1. The van der Waals surface area contributed by atoms with Gasteiger partial charge in [-0.05, 0) is 98.9 Å². The monoisotopic (exact) mass is 731 g/mol. The summed E-state index contributed by atoms with van der Waals surface area (Å²) >= 11 is 0. The molecule has 3 heteroatoms. The minimum Gasteiger partial charge on any atom is -0.349 e. The van der Waals surface area contributed by atoms with E-state index in [9.17, 15) is 0 Å². The third kappa shape index (κ3) is 6.39. The molecule has 0 bridgehead atoms. The summed E-state index contributed by atoms with van der Waals surface area (Å²) < 4.78 is 0. The van der Waals surface area contributed by atoms with Crippen molar-refractivity contribution in [3.63, 3.8) is 0 Å². The second-order valence-electron chi connectivity index (χ2n) is 14.7. The molecule has 0 spiro atoms. The fourth-order valence-corrected chi connectivity index (χ4v) is 8.41. The van der Waals surface area contributed by atoms with Gasteiger partial charge in [-0.3, -0.25) is 0 Å². The van der Waals surface area contributed by atoms with Crippen molar-refractivity contribution in [3.8, 4) is 33.4 Å². The molecular weight excluding hydrogens is 691 g/mol. The predicted molar refractivity (Wildman–Crippen MR) is 241 cm³/mol. The van der Waals surface area contributed by atoms with Crippen LogP contribution in [0.15, 0.2) is 224 Å². The van der Waals surface area contributed by atoms with Crippen molar-refractivity contribution in [2.45, 2.75) is 6.17 Å². The lowest BCUT2D eigenvalue weighted by molar-refractivity contribution is 0.719. The van der Waals surface area contributed by atoms with Crippen molar-refractivity contribution < 1.29 is 0 Å². The summed E-state index contributed by atoms with van der Waals surface area (Å²) in [5.41, 5.74) is 15.5. The molecule has 1 aliphatic heterocycles. The third-order valence-electron chi connectivity index (χ3n) is 11.3. The van der Waals surface area contributed by atoms with Gasteiger partial charge in [0, 0.05) is 29.5 Å². The van der Waals surface area contributed by atoms with Gasteiger partial charge in [0.2, 0.25) is 0 Å². The zero-order valence-corrected chi connectivity index (χ0v) is 31.8. The molecule has 0 aliphatic carbocycles. The molecule has 9 aromatic carbocycles. The lowest BCUT2D eigenvalue weighted by Crippen LogP contribution is -2.30. The molecule has 3 nitrogen and oxygen atoms in total. The number of rotatable bonds is 8. The van der Waals surface area contributed by atoms with Crippen molar-refractivity contribution >= 4 is 44.9 Å². The van der Waals surface area contributed by atoms with E-state index < -0.39 is 0 Å². The maximum atomic E-state index is 2.44. The zero-order valence-electron chi connectivity index (χ0n) is 31.8. The quantitative estimate of drug-likeness (QED) is 0.154. The van der Waals surface area contributed by atoms with E-state index in [0.29, 0.717) is 0 Å². The highest BCUT2D eigenvalue weighted by atomic mass is 15.4. The fourth-order valence-electron chi connectivity index (χ4n) is 8.41. The highest BCUT2D eigenvalue weighted by molar-refractivity contribution is 5.99. The van der Waals surface area contributed by atoms with Gasteiger partial charge in [-0.15, -0.1) is 0 Å². The lowest BCUT2D eigenvalue weighted by Gasteiger charge is -2.31. The van der Waals surface area contributed by atoms with Gasteiger partial charge in [-0.1, -0.05) is 170 Å². The van der Waals surface area contributed by atoms with Gasteiger partial charge in [0.05, 0.1) is 17.1 Å². The van der Waals surface area contributed by atoms with Crippen LogP contribution in [0, 0.1) is 0 Å². The number of anilines is 6. The maximum Gasteiger partial charge on any atom is 0.132 e. The first-order chi connectivity index (χ1) is 28.2. The Morgan fingerprint density at radius 2 is 0.807 bits per heavy atom. The first-order valence-corrected chi connectivity index (χ1v) is 19.6. The largest absolute Gasteiger partial charge is 0.349 e. The standard InChI is InChI=1S/C54H41N3/c1-55-52-20-10-11-21-53(52)57(48-17-6-3-7-18-48)54(55)46-33-31-43(32-34-46)41-25-23-39(24-26-41)40-27-29-42(30-28-40)44-35-37-49(38-36-44)56(47-15-4-2-5-16-47)51-22-12-14-45-13-8-9-19-50(45)51/h2-38,54H,1H3. The summed E-state index contributed by atoms with van der Waals surface area (Å²) in [6.07, 6.45) is 0.0705. The molecule has 10 rings (SSSR count). The van der Waals surface area contributed by atoms with Gasteiger partial charge in [0.25, 0.3) is 0 Å². The number of benzene rings is 9. The van der Waals surface area contributed by atoms with Gasteiger partial charge in [0.1, 0.15) is 6.17 Å². The average molecular weight is 732 g/mol. The Morgan fingerprint density at radius 1 is 0.368 bits per heavy atom. The van der Waals surface area contributed by atoms with Crippen LogP contribution < -0.4 is 14.7 Å². The van der Waals surface area contributed by atoms with Gasteiger partial charge < -0.3 is 14.7 Å². The smallest absolute Gasteiger partial charge is 0.132 e. The molecule has 1 aliphatic rings. The van der Waals surface area contributed by atoms with Gasteiger partial charge in [-0.2, -0.15) is 0 Å². The van der Waals surface area contributed by atoms with E-state index in [1.807, 2.05) is 0 Å². The van der Waals surface area contributed by atoms with E-state index in [-0.39, 0.29) is 6.17 Å². The molecule has 0 saturated carbocycles. The van der Waals surface area contributed by atoms with Crippen molar-refractivity contribution in [1.29, 1.82) is 0 Å².